The molecule has 1 aromatic carbocycles. The van der Waals surface area contributed by atoms with Crippen LogP contribution >= 0.6 is 23.2 Å². The Balaban J connectivity index is 1.56. The van der Waals surface area contributed by atoms with Crippen molar-refractivity contribution in [2.45, 2.75) is 44.8 Å². The van der Waals surface area contributed by atoms with Crippen molar-refractivity contribution in [2.24, 2.45) is 0 Å². The van der Waals surface area contributed by atoms with Crippen LogP contribution in [0.1, 0.15) is 48.4 Å². The van der Waals surface area contributed by atoms with E-state index < -0.39 is 0 Å². The summed E-state index contributed by atoms with van der Waals surface area (Å²) in [6.45, 7) is 0.177. The Morgan fingerprint density at radius 1 is 1.17 bits per heavy atom. The number of ether oxygens (including phenoxy) is 1. The summed E-state index contributed by atoms with van der Waals surface area (Å²) >= 11 is 12.0. The van der Waals surface area contributed by atoms with E-state index in [1.54, 1.807) is 30.3 Å². The van der Waals surface area contributed by atoms with Crippen molar-refractivity contribution in [2.75, 3.05) is 0 Å². The van der Waals surface area contributed by atoms with Crippen LogP contribution in [0.3, 0.4) is 0 Å². The van der Waals surface area contributed by atoms with Gasteiger partial charge in [-0.1, -0.05) is 42.5 Å². The second-order valence-corrected chi connectivity index (χ2v) is 6.78. The van der Waals surface area contributed by atoms with Gasteiger partial charge in [0, 0.05) is 17.1 Å². The number of benzene rings is 1. The molecule has 1 saturated carbocycles. The molecule has 1 aliphatic carbocycles. The third-order valence-electron chi connectivity index (χ3n) is 4.09. The summed E-state index contributed by atoms with van der Waals surface area (Å²) in [6.07, 6.45) is 5.66. The normalized spacial score (nSPS) is 15.2. The van der Waals surface area contributed by atoms with E-state index in [0.29, 0.717) is 27.3 Å². The highest BCUT2D eigenvalue weighted by Gasteiger charge is 2.19. The van der Waals surface area contributed by atoms with Crippen molar-refractivity contribution in [3.05, 3.63) is 51.9 Å². The minimum atomic E-state index is -0.172. The number of rotatable bonds is 5. The summed E-state index contributed by atoms with van der Waals surface area (Å²) in [4.78, 5) is 12.2. The summed E-state index contributed by atoms with van der Waals surface area (Å²) in [7, 11) is 0. The molecule has 0 atom stereocenters. The van der Waals surface area contributed by atoms with E-state index in [9.17, 15) is 4.79 Å². The summed E-state index contributed by atoms with van der Waals surface area (Å²) in [5.41, 5.74) is 0. The molecule has 4 nitrogen and oxygen atoms in total. The number of carbonyl (C=O) groups is 1. The van der Waals surface area contributed by atoms with E-state index >= 15 is 0 Å². The van der Waals surface area contributed by atoms with Gasteiger partial charge in [0.05, 0.1) is 5.02 Å². The first kappa shape index (κ1) is 17.2. The van der Waals surface area contributed by atoms with Gasteiger partial charge in [-0.15, -0.1) is 0 Å². The third kappa shape index (κ3) is 4.46. The van der Waals surface area contributed by atoms with Gasteiger partial charge >= 0.3 is 0 Å². The van der Waals surface area contributed by atoms with Crippen LogP contribution in [0.2, 0.25) is 10.0 Å². The van der Waals surface area contributed by atoms with Gasteiger partial charge in [-0.25, -0.2) is 0 Å². The Bertz CT molecular complexity index is 708. The van der Waals surface area contributed by atoms with E-state index in [1.807, 2.05) is 0 Å². The Labute approximate surface area is 151 Å². The molecular weight excluding hydrogens is 349 g/mol. The predicted octanol–water partition coefficient (Wildman–Crippen LogP) is 5.23. The first-order chi connectivity index (χ1) is 11.6. The Morgan fingerprint density at radius 2 is 1.96 bits per heavy atom. The average molecular weight is 368 g/mol. The largest absolute Gasteiger partial charge is 0.484 e. The number of halogens is 2. The molecule has 0 radical (unpaired) electrons. The van der Waals surface area contributed by atoms with Crippen LogP contribution in [0.25, 0.3) is 0 Å². The molecule has 0 spiro atoms. The molecule has 1 fully saturated rings. The zero-order valence-corrected chi connectivity index (χ0v) is 14.7. The van der Waals surface area contributed by atoms with Crippen molar-refractivity contribution in [1.82, 2.24) is 5.32 Å². The molecule has 0 bridgehead atoms. The summed E-state index contributed by atoms with van der Waals surface area (Å²) in [6, 6.07) is 8.65. The Morgan fingerprint density at radius 3 is 2.75 bits per heavy atom. The van der Waals surface area contributed by atoms with Gasteiger partial charge < -0.3 is 14.5 Å². The van der Waals surface area contributed by atoms with E-state index in [1.165, 1.54) is 19.3 Å². The van der Waals surface area contributed by atoms with E-state index in [0.717, 1.165) is 12.8 Å². The summed E-state index contributed by atoms with van der Waals surface area (Å²) < 4.78 is 11.2. The first-order valence-electron chi connectivity index (χ1n) is 8.09. The van der Waals surface area contributed by atoms with Crippen LogP contribution in [-0.4, -0.2) is 11.9 Å². The van der Waals surface area contributed by atoms with E-state index in [2.05, 4.69) is 5.32 Å². The van der Waals surface area contributed by atoms with Crippen LogP contribution in [0.15, 0.2) is 34.7 Å². The lowest BCUT2D eigenvalue weighted by atomic mass is 9.95. The van der Waals surface area contributed by atoms with Gasteiger partial charge in [-0.05, 0) is 37.1 Å². The SMILES string of the molecule is O=C(NC1CCCCC1)c1ccc(COc2cc(Cl)ccc2Cl)o1. The molecule has 1 amide bonds. The van der Waals surface area contributed by atoms with Gasteiger partial charge in [0.15, 0.2) is 5.76 Å². The Hall–Kier alpha value is -1.65. The minimum absolute atomic E-state index is 0.172. The van der Waals surface area contributed by atoms with Gasteiger partial charge in [-0.3, -0.25) is 4.79 Å². The smallest absolute Gasteiger partial charge is 0.287 e. The van der Waals surface area contributed by atoms with Crippen LogP contribution in [0.5, 0.6) is 5.75 Å². The molecule has 0 unspecified atom stereocenters. The number of hydrogen-bond donors (Lipinski definition) is 1. The van der Waals surface area contributed by atoms with E-state index in [-0.39, 0.29) is 18.6 Å². The number of amides is 1. The maximum absolute atomic E-state index is 12.2. The molecule has 1 aromatic heterocycles. The molecule has 0 saturated heterocycles. The molecule has 6 heteroatoms. The number of carbonyl (C=O) groups excluding carboxylic acids is 1. The monoisotopic (exact) mass is 367 g/mol. The van der Waals surface area contributed by atoms with Crippen LogP contribution in [0, 0.1) is 0 Å². The van der Waals surface area contributed by atoms with Crippen LogP contribution in [0.4, 0.5) is 0 Å². The second-order valence-electron chi connectivity index (χ2n) is 5.94. The van der Waals surface area contributed by atoms with E-state index in [4.69, 9.17) is 32.4 Å². The van der Waals surface area contributed by atoms with Crippen molar-refractivity contribution < 1.29 is 13.9 Å². The van der Waals surface area contributed by atoms with Gasteiger partial charge in [0.25, 0.3) is 5.91 Å². The molecular formula is C18H19Cl2NO3. The van der Waals surface area contributed by atoms with Crippen molar-refractivity contribution >= 4 is 29.1 Å². The highest BCUT2D eigenvalue weighted by Crippen LogP contribution is 2.28. The molecule has 1 aliphatic rings. The standard InChI is InChI=1S/C18H19Cl2NO3/c19-12-6-8-15(20)17(10-12)23-11-14-7-9-16(24-14)18(22)21-13-4-2-1-3-5-13/h6-10,13H,1-5,11H2,(H,21,22). The summed E-state index contributed by atoms with van der Waals surface area (Å²) in [5.74, 6) is 1.17. The highest BCUT2D eigenvalue weighted by molar-refractivity contribution is 6.34. The minimum Gasteiger partial charge on any atom is -0.484 e. The third-order valence-corrected chi connectivity index (χ3v) is 4.64. The van der Waals surface area contributed by atoms with Crippen molar-refractivity contribution in [3.8, 4) is 5.75 Å². The molecule has 0 aliphatic heterocycles. The molecule has 3 rings (SSSR count). The van der Waals surface area contributed by atoms with Crippen molar-refractivity contribution in [3.63, 3.8) is 0 Å². The fraction of sp³-hybridized carbons (Fsp3) is 0.389. The van der Waals surface area contributed by atoms with Crippen LogP contribution in [-0.2, 0) is 6.61 Å². The van der Waals surface area contributed by atoms with Crippen molar-refractivity contribution in [1.29, 1.82) is 0 Å². The van der Waals surface area contributed by atoms with Gasteiger partial charge in [0.2, 0.25) is 0 Å². The number of nitrogens with one attached hydrogen (secondary N) is 1. The molecule has 2 aromatic rings. The lowest BCUT2D eigenvalue weighted by Gasteiger charge is -2.22. The lowest BCUT2D eigenvalue weighted by Crippen LogP contribution is -2.35. The molecule has 24 heavy (non-hydrogen) atoms. The maximum Gasteiger partial charge on any atom is 0.287 e. The molecule has 128 valence electrons. The maximum atomic E-state index is 12.2. The average Bonchev–Trinajstić information content (AvgIpc) is 3.06. The predicted molar refractivity (Wildman–Crippen MR) is 93.8 cm³/mol. The zero-order valence-electron chi connectivity index (χ0n) is 13.2. The number of furan rings is 1. The zero-order chi connectivity index (χ0) is 16.9. The topological polar surface area (TPSA) is 51.5 Å². The van der Waals surface area contributed by atoms with Crippen LogP contribution < -0.4 is 10.1 Å². The molecule has 1 heterocycles. The fourth-order valence-corrected chi connectivity index (χ4v) is 3.15. The molecule has 1 N–H and O–H groups in total. The lowest BCUT2D eigenvalue weighted by molar-refractivity contribution is 0.0895. The summed E-state index contributed by atoms with van der Waals surface area (Å²) in [5, 5.41) is 4.04. The van der Waals surface area contributed by atoms with Gasteiger partial charge in [-0.2, -0.15) is 0 Å². The second kappa shape index (κ2) is 7.95. The number of hydrogen-bond acceptors (Lipinski definition) is 3. The highest BCUT2D eigenvalue weighted by atomic mass is 35.5. The first-order valence-corrected chi connectivity index (χ1v) is 8.85. The Kier molecular flexibility index (Phi) is 5.69. The quantitative estimate of drug-likeness (QED) is 0.786. The van der Waals surface area contributed by atoms with Gasteiger partial charge in [0.1, 0.15) is 18.1 Å². The fourth-order valence-electron chi connectivity index (χ4n) is 2.82.